The van der Waals surface area contributed by atoms with Gasteiger partial charge in [-0.15, -0.1) is 0 Å². The van der Waals surface area contributed by atoms with E-state index in [2.05, 4.69) is 4.74 Å². The molecule has 0 spiro atoms. The lowest BCUT2D eigenvalue weighted by Crippen LogP contribution is -2.51. The first-order valence-electron chi connectivity index (χ1n) is 11.6. The van der Waals surface area contributed by atoms with Gasteiger partial charge in [-0.1, -0.05) is 12.1 Å². The summed E-state index contributed by atoms with van der Waals surface area (Å²) in [6, 6.07) is 9.81. The number of alkyl halides is 5. The topological polar surface area (TPSA) is 76.2 Å². The van der Waals surface area contributed by atoms with Gasteiger partial charge < -0.3 is 14.4 Å². The van der Waals surface area contributed by atoms with Crippen LogP contribution in [0.5, 0.6) is 5.75 Å². The number of fused-ring (bicyclic) bond motifs is 1. The summed E-state index contributed by atoms with van der Waals surface area (Å²) in [5, 5.41) is 0. The number of amides is 1. The summed E-state index contributed by atoms with van der Waals surface area (Å²) in [5.74, 6) is -2.00. The van der Waals surface area contributed by atoms with E-state index in [9.17, 15) is 39.6 Å². The quantitative estimate of drug-likeness (QED) is 0.313. The van der Waals surface area contributed by atoms with Crippen molar-refractivity contribution in [1.82, 2.24) is 4.90 Å². The van der Waals surface area contributed by atoms with Gasteiger partial charge in [0.25, 0.3) is 15.9 Å². The van der Waals surface area contributed by atoms with Crippen LogP contribution in [0.1, 0.15) is 22.8 Å². The molecule has 1 amide bonds. The second-order valence-corrected chi connectivity index (χ2v) is 10.7. The molecule has 0 saturated heterocycles. The Bertz CT molecular complexity index is 1530. The molecule has 7 nitrogen and oxygen atoms in total. The first kappa shape index (κ1) is 29.2. The van der Waals surface area contributed by atoms with Crippen LogP contribution in [0.25, 0.3) is 11.1 Å². The van der Waals surface area contributed by atoms with Crippen molar-refractivity contribution in [3.63, 3.8) is 0 Å². The van der Waals surface area contributed by atoms with Crippen molar-refractivity contribution in [3.05, 3.63) is 77.6 Å². The van der Waals surface area contributed by atoms with E-state index in [1.165, 1.54) is 25.3 Å². The van der Waals surface area contributed by atoms with Crippen LogP contribution in [0.15, 0.2) is 65.6 Å². The van der Waals surface area contributed by atoms with Crippen molar-refractivity contribution in [2.24, 2.45) is 0 Å². The fourth-order valence-electron chi connectivity index (χ4n) is 4.16. The van der Waals surface area contributed by atoms with Crippen LogP contribution in [0.2, 0.25) is 0 Å². The van der Waals surface area contributed by atoms with Gasteiger partial charge in [-0.3, -0.25) is 4.79 Å². The number of nitrogens with zero attached hydrogens (tertiary/aromatic N) is 2. The van der Waals surface area contributed by atoms with E-state index in [-0.39, 0.29) is 28.9 Å². The number of benzene rings is 3. The monoisotopic (exact) mass is 588 g/mol. The zero-order valence-corrected chi connectivity index (χ0v) is 21.8. The Balaban J connectivity index is 1.87. The van der Waals surface area contributed by atoms with Crippen molar-refractivity contribution in [1.29, 1.82) is 0 Å². The Kier molecular flexibility index (Phi) is 8.04. The van der Waals surface area contributed by atoms with E-state index in [4.69, 9.17) is 4.74 Å². The summed E-state index contributed by atoms with van der Waals surface area (Å²) >= 11 is 0. The Labute approximate surface area is 225 Å². The largest absolute Gasteiger partial charge is 0.435 e. The lowest BCUT2D eigenvalue weighted by molar-refractivity contribution is -0.137. The number of carbonyl (C=O) groups is 1. The molecule has 1 aliphatic rings. The van der Waals surface area contributed by atoms with Gasteiger partial charge in [-0.05, 0) is 60.5 Å². The third kappa shape index (κ3) is 6.02. The van der Waals surface area contributed by atoms with Crippen LogP contribution >= 0.6 is 0 Å². The SMILES string of the molecule is CO[C@H](C)CN1CN(S(=O)(=O)c2cccc(C(F)(F)F)c2)c2cc(-c3cc(F)cc(OC(F)F)c3)ccc2C1=O. The number of methoxy groups -OCH3 is 1. The molecule has 4 rings (SSSR count). The van der Waals surface area contributed by atoms with Gasteiger partial charge in [0.1, 0.15) is 18.2 Å². The molecule has 0 unspecified atom stereocenters. The number of sulfonamides is 1. The van der Waals surface area contributed by atoms with Crippen molar-refractivity contribution >= 4 is 21.6 Å². The smallest absolute Gasteiger partial charge is 0.416 e. The minimum atomic E-state index is -4.82. The number of rotatable bonds is 8. The molecular formula is C26H22F6N2O5S. The minimum Gasteiger partial charge on any atom is -0.435 e. The van der Waals surface area contributed by atoms with Gasteiger partial charge >= 0.3 is 12.8 Å². The second-order valence-electron chi connectivity index (χ2n) is 8.88. The molecule has 1 atom stereocenters. The first-order valence-corrected chi connectivity index (χ1v) is 13.1. The van der Waals surface area contributed by atoms with E-state index in [1.54, 1.807) is 6.92 Å². The maximum Gasteiger partial charge on any atom is 0.416 e. The van der Waals surface area contributed by atoms with Crippen molar-refractivity contribution < 1.29 is 49.0 Å². The molecule has 0 aliphatic carbocycles. The molecular weight excluding hydrogens is 566 g/mol. The third-order valence-corrected chi connectivity index (χ3v) is 7.88. The van der Waals surface area contributed by atoms with Gasteiger partial charge in [0.05, 0.1) is 27.8 Å². The average molecular weight is 589 g/mol. The number of carbonyl (C=O) groups excluding carboxylic acids is 1. The highest BCUT2D eigenvalue weighted by atomic mass is 32.2. The van der Waals surface area contributed by atoms with Crippen LogP contribution < -0.4 is 9.04 Å². The predicted molar refractivity (Wildman–Crippen MR) is 132 cm³/mol. The molecule has 3 aromatic rings. The predicted octanol–water partition coefficient (Wildman–Crippen LogP) is 5.76. The maximum absolute atomic E-state index is 14.2. The molecule has 214 valence electrons. The highest BCUT2D eigenvalue weighted by molar-refractivity contribution is 7.92. The van der Waals surface area contributed by atoms with Gasteiger partial charge in [-0.25, -0.2) is 17.1 Å². The number of hydrogen-bond donors (Lipinski definition) is 0. The van der Waals surface area contributed by atoms with Crippen molar-refractivity contribution in [2.75, 3.05) is 24.6 Å². The Morgan fingerprint density at radius 3 is 2.38 bits per heavy atom. The maximum atomic E-state index is 14.2. The molecule has 0 radical (unpaired) electrons. The number of anilines is 1. The van der Waals surface area contributed by atoms with Crippen LogP contribution in [0.3, 0.4) is 0 Å². The van der Waals surface area contributed by atoms with E-state index >= 15 is 0 Å². The third-order valence-electron chi connectivity index (χ3n) is 6.14. The van der Waals surface area contributed by atoms with Crippen LogP contribution in [0.4, 0.5) is 32.0 Å². The molecule has 0 bridgehead atoms. The zero-order chi connectivity index (χ0) is 29.4. The Hall–Kier alpha value is -3.78. The van der Waals surface area contributed by atoms with E-state index in [0.29, 0.717) is 6.07 Å². The molecule has 1 heterocycles. The highest BCUT2D eigenvalue weighted by Gasteiger charge is 2.38. The molecule has 0 saturated carbocycles. The van der Waals surface area contributed by atoms with E-state index in [1.807, 2.05) is 0 Å². The molecule has 0 fully saturated rings. The van der Waals surface area contributed by atoms with Crippen molar-refractivity contribution in [2.45, 2.75) is 30.7 Å². The van der Waals surface area contributed by atoms with Crippen LogP contribution in [-0.4, -0.2) is 52.3 Å². The highest BCUT2D eigenvalue weighted by Crippen LogP contribution is 2.38. The number of hydrogen-bond acceptors (Lipinski definition) is 5. The first-order chi connectivity index (χ1) is 18.7. The minimum absolute atomic E-state index is 0.0257. The van der Waals surface area contributed by atoms with E-state index in [0.717, 1.165) is 45.6 Å². The lowest BCUT2D eigenvalue weighted by Gasteiger charge is -2.38. The Morgan fingerprint density at radius 2 is 1.73 bits per heavy atom. The fourth-order valence-corrected chi connectivity index (χ4v) is 5.64. The zero-order valence-electron chi connectivity index (χ0n) is 21.0. The normalized spacial score (nSPS) is 14.9. The molecule has 40 heavy (non-hydrogen) atoms. The van der Waals surface area contributed by atoms with Crippen molar-refractivity contribution in [3.8, 4) is 16.9 Å². The molecule has 3 aromatic carbocycles. The average Bonchev–Trinajstić information content (AvgIpc) is 2.88. The lowest BCUT2D eigenvalue weighted by atomic mass is 10.00. The van der Waals surface area contributed by atoms with Gasteiger partial charge in [0.15, 0.2) is 0 Å². The van der Waals surface area contributed by atoms with Crippen LogP contribution in [0, 0.1) is 5.82 Å². The summed E-state index contributed by atoms with van der Waals surface area (Å²) in [4.78, 5) is 13.8. The van der Waals surface area contributed by atoms with Gasteiger partial charge in [-0.2, -0.15) is 22.0 Å². The summed E-state index contributed by atoms with van der Waals surface area (Å²) in [5.41, 5.74) is -1.33. The number of ether oxygens (including phenoxy) is 2. The molecule has 1 aliphatic heterocycles. The standard InChI is InChI=1S/C26H22F6N2O5S/c1-15(38-2)13-33-14-34(40(36,37)21-5-3-4-18(11-21)26(30,31)32)23-10-16(6-7-22(23)24(33)35)17-8-19(27)12-20(9-17)39-25(28)29/h3-12,15,25H,13-14H2,1-2H3/t15-/m1/s1. The summed E-state index contributed by atoms with van der Waals surface area (Å²) in [6.45, 7) is -2.20. The molecule has 0 N–H and O–H groups in total. The fraction of sp³-hybridized carbons (Fsp3) is 0.269. The molecule has 0 aromatic heterocycles. The van der Waals surface area contributed by atoms with Gasteiger partial charge in [0, 0.05) is 19.7 Å². The van der Waals surface area contributed by atoms with Crippen LogP contribution in [-0.2, 0) is 20.9 Å². The Morgan fingerprint density at radius 1 is 1.00 bits per heavy atom. The second kappa shape index (κ2) is 11.0. The molecule has 14 heteroatoms. The number of halogens is 6. The summed E-state index contributed by atoms with van der Waals surface area (Å²) < 4.78 is 117. The summed E-state index contributed by atoms with van der Waals surface area (Å²) in [6.07, 6.45) is -5.33. The van der Waals surface area contributed by atoms with E-state index < -0.39 is 63.5 Å². The van der Waals surface area contributed by atoms with Gasteiger partial charge in [0.2, 0.25) is 0 Å². The summed E-state index contributed by atoms with van der Waals surface area (Å²) in [7, 11) is -3.30.